The fourth-order valence-electron chi connectivity index (χ4n) is 2.33. The second-order valence-electron chi connectivity index (χ2n) is 5.17. The van der Waals surface area contributed by atoms with E-state index in [2.05, 4.69) is 21.2 Å². The van der Waals surface area contributed by atoms with Crippen LogP contribution in [0.5, 0.6) is 17.2 Å². The van der Waals surface area contributed by atoms with Gasteiger partial charge in [-0.25, -0.2) is 4.39 Å². The van der Waals surface area contributed by atoms with E-state index in [-0.39, 0.29) is 11.7 Å². The lowest BCUT2D eigenvalue weighted by Crippen LogP contribution is -2.25. The minimum absolute atomic E-state index is 0.263. The highest BCUT2D eigenvalue weighted by Gasteiger charge is 2.16. The van der Waals surface area contributed by atoms with E-state index in [1.54, 1.807) is 24.3 Å². The van der Waals surface area contributed by atoms with E-state index >= 15 is 0 Å². The minimum Gasteiger partial charge on any atom is -0.493 e. The fraction of sp³-hybridized carbons (Fsp3) is 0.278. The van der Waals surface area contributed by atoms with Crippen LogP contribution in [0.15, 0.2) is 34.8 Å². The molecule has 0 aliphatic heterocycles. The second kappa shape index (κ2) is 8.71. The van der Waals surface area contributed by atoms with Crippen LogP contribution in [-0.4, -0.2) is 33.8 Å². The fourth-order valence-corrected chi connectivity index (χ4v) is 2.76. The molecular weight excluding hydrogens is 393 g/mol. The van der Waals surface area contributed by atoms with Crippen molar-refractivity contribution in [1.82, 2.24) is 5.32 Å². The summed E-state index contributed by atoms with van der Waals surface area (Å²) in [4.78, 5) is 12.4. The number of hydrogen-bond acceptors (Lipinski definition) is 4. The van der Waals surface area contributed by atoms with Crippen LogP contribution in [0.1, 0.15) is 15.9 Å². The van der Waals surface area contributed by atoms with E-state index in [1.807, 2.05) is 0 Å². The van der Waals surface area contributed by atoms with Crippen molar-refractivity contribution in [3.63, 3.8) is 0 Å². The number of methoxy groups -OCH3 is 3. The van der Waals surface area contributed by atoms with Crippen molar-refractivity contribution in [3.05, 3.63) is 51.7 Å². The van der Waals surface area contributed by atoms with Crippen LogP contribution >= 0.6 is 15.9 Å². The summed E-state index contributed by atoms with van der Waals surface area (Å²) in [6.07, 6.45) is 0.578. The smallest absolute Gasteiger partial charge is 0.251 e. The Morgan fingerprint density at radius 2 is 1.72 bits per heavy atom. The number of carbonyl (C=O) groups is 1. The summed E-state index contributed by atoms with van der Waals surface area (Å²) < 4.78 is 29.3. The molecule has 0 aliphatic rings. The number of benzene rings is 2. The molecule has 2 aromatic rings. The standard InChI is InChI=1S/C18H19BrFNO4/c1-23-15-9-12(10-16(24-2)17(15)25-3)18(22)21-7-6-11-4-5-14(20)13(19)8-11/h4-5,8-10H,6-7H2,1-3H3,(H,21,22). The summed E-state index contributed by atoms with van der Waals surface area (Å²) in [6, 6.07) is 7.95. The lowest BCUT2D eigenvalue weighted by Gasteiger charge is -2.14. The van der Waals surface area contributed by atoms with Crippen LogP contribution in [0.25, 0.3) is 0 Å². The third-order valence-electron chi connectivity index (χ3n) is 3.61. The van der Waals surface area contributed by atoms with Gasteiger partial charge in [0.1, 0.15) is 5.82 Å². The maximum absolute atomic E-state index is 13.2. The molecule has 7 heteroatoms. The first kappa shape index (κ1) is 19.1. The zero-order valence-corrected chi connectivity index (χ0v) is 15.8. The molecule has 2 aromatic carbocycles. The lowest BCUT2D eigenvalue weighted by atomic mass is 10.1. The Morgan fingerprint density at radius 3 is 2.24 bits per heavy atom. The molecule has 0 spiro atoms. The highest BCUT2D eigenvalue weighted by Crippen LogP contribution is 2.38. The predicted octanol–water partition coefficient (Wildman–Crippen LogP) is 3.59. The molecule has 0 aromatic heterocycles. The highest BCUT2D eigenvalue weighted by molar-refractivity contribution is 9.10. The lowest BCUT2D eigenvalue weighted by molar-refractivity contribution is 0.0953. The van der Waals surface area contributed by atoms with Crippen LogP contribution in [0.2, 0.25) is 0 Å². The number of amides is 1. The molecule has 0 atom stereocenters. The van der Waals surface area contributed by atoms with Crippen molar-refractivity contribution in [2.24, 2.45) is 0 Å². The van der Waals surface area contributed by atoms with E-state index < -0.39 is 0 Å². The minimum atomic E-state index is -0.315. The van der Waals surface area contributed by atoms with Gasteiger partial charge in [-0.1, -0.05) is 6.07 Å². The number of carbonyl (C=O) groups excluding carboxylic acids is 1. The van der Waals surface area contributed by atoms with E-state index in [4.69, 9.17) is 14.2 Å². The molecule has 1 N–H and O–H groups in total. The van der Waals surface area contributed by atoms with E-state index in [1.165, 1.54) is 27.4 Å². The molecule has 0 unspecified atom stereocenters. The first-order valence-corrected chi connectivity index (χ1v) is 8.31. The zero-order valence-electron chi connectivity index (χ0n) is 14.2. The Bertz CT molecular complexity index is 742. The number of halogens is 2. The molecule has 0 saturated carbocycles. The summed E-state index contributed by atoms with van der Waals surface area (Å²) in [5.74, 6) is 0.673. The van der Waals surface area contributed by atoms with Gasteiger partial charge in [0.25, 0.3) is 5.91 Å². The van der Waals surface area contributed by atoms with Gasteiger partial charge < -0.3 is 19.5 Å². The van der Waals surface area contributed by atoms with E-state index in [9.17, 15) is 9.18 Å². The van der Waals surface area contributed by atoms with Crippen LogP contribution < -0.4 is 19.5 Å². The normalized spacial score (nSPS) is 10.3. The Hall–Kier alpha value is -2.28. The quantitative estimate of drug-likeness (QED) is 0.756. The zero-order chi connectivity index (χ0) is 18.4. The largest absolute Gasteiger partial charge is 0.493 e. The molecule has 2 rings (SSSR count). The van der Waals surface area contributed by atoms with Crippen molar-refractivity contribution in [3.8, 4) is 17.2 Å². The average Bonchev–Trinajstić information content (AvgIpc) is 2.63. The Morgan fingerprint density at radius 1 is 1.08 bits per heavy atom. The number of nitrogens with one attached hydrogen (secondary N) is 1. The number of hydrogen-bond donors (Lipinski definition) is 1. The van der Waals surface area contributed by atoms with Crippen LogP contribution in [0, 0.1) is 5.82 Å². The van der Waals surface area contributed by atoms with Gasteiger partial charge in [-0.15, -0.1) is 0 Å². The van der Waals surface area contributed by atoms with Crippen molar-refractivity contribution in [1.29, 1.82) is 0 Å². The van der Waals surface area contributed by atoms with Gasteiger partial charge in [0.15, 0.2) is 11.5 Å². The molecular formula is C18H19BrFNO4. The molecule has 134 valence electrons. The first-order valence-electron chi connectivity index (χ1n) is 7.52. The molecule has 0 radical (unpaired) electrons. The summed E-state index contributed by atoms with van der Waals surface area (Å²) in [6.45, 7) is 0.410. The van der Waals surface area contributed by atoms with Crippen molar-refractivity contribution < 1.29 is 23.4 Å². The van der Waals surface area contributed by atoms with Gasteiger partial charge in [0.2, 0.25) is 5.75 Å². The Balaban J connectivity index is 2.06. The van der Waals surface area contributed by atoms with Gasteiger partial charge in [-0.2, -0.15) is 0 Å². The topological polar surface area (TPSA) is 56.8 Å². The number of rotatable bonds is 7. The predicted molar refractivity (Wildman–Crippen MR) is 96.2 cm³/mol. The first-order chi connectivity index (χ1) is 12.0. The van der Waals surface area contributed by atoms with Crippen molar-refractivity contribution in [2.75, 3.05) is 27.9 Å². The van der Waals surface area contributed by atoms with Gasteiger partial charge in [-0.05, 0) is 52.2 Å². The molecule has 0 fully saturated rings. The molecule has 5 nitrogen and oxygen atoms in total. The second-order valence-corrected chi connectivity index (χ2v) is 6.02. The van der Waals surface area contributed by atoms with Crippen LogP contribution in [-0.2, 0) is 6.42 Å². The molecule has 0 bridgehead atoms. The van der Waals surface area contributed by atoms with Crippen LogP contribution in [0.4, 0.5) is 4.39 Å². The van der Waals surface area contributed by atoms with Crippen molar-refractivity contribution in [2.45, 2.75) is 6.42 Å². The number of ether oxygens (including phenoxy) is 3. The monoisotopic (exact) mass is 411 g/mol. The SMILES string of the molecule is COc1cc(C(=O)NCCc2ccc(F)c(Br)c2)cc(OC)c1OC. The average molecular weight is 412 g/mol. The Labute approximate surface area is 154 Å². The summed E-state index contributed by atoms with van der Waals surface area (Å²) in [7, 11) is 4.48. The highest BCUT2D eigenvalue weighted by atomic mass is 79.9. The van der Waals surface area contributed by atoms with Gasteiger partial charge in [0, 0.05) is 12.1 Å². The molecule has 0 aliphatic carbocycles. The third-order valence-corrected chi connectivity index (χ3v) is 4.22. The van der Waals surface area contributed by atoms with Gasteiger partial charge >= 0.3 is 0 Å². The maximum atomic E-state index is 13.2. The van der Waals surface area contributed by atoms with E-state index in [0.29, 0.717) is 40.3 Å². The molecule has 0 heterocycles. The summed E-state index contributed by atoms with van der Waals surface area (Å²) in [5, 5.41) is 2.82. The van der Waals surface area contributed by atoms with Gasteiger partial charge in [0.05, 0.1) is 25.8 Å². The molecule has 0 saturated heterocycles. The van der Waals surface area contributed by atoms with Crippen molar-refractivity contribution >= 4 is 21.8 Å². The van der Waals surface area contributed by atoms with Gasteiger partial charge in [-0.3, -0.25) is 4.79 Å². The van der Waals surface area contributed by atoms with E-state index in [0.717, 1.165) is 5.56 Å². The molecule has 1 amide bonds. The third kappa shape index (κ3) is 4.63. The maximum Gasteiger partial charge on any atom is 0.251 e. The van der Waals surface area contributed by atoms with Crippen LogP contribution in [0.3, 0.4) is 0 Å². The Kier molecular flexibility index (Phi) is 6.64. The summed E-state index contributed by atoms with van der Waals surface area (Å²) >= 11 is 3.15. The summed E-state index contributed by atoms with van der Waals surface area (Å²) in [5.41, 5.74) is 1.31. The molecule has 25 heavy (non-hydrogen) atoms.